The highest BCUT2D eigenvalue weighted by atomic mass is 35.5. The van der Waals surface area contributed by atoms with E-state index in [0.29, 0.717) is 33.3 Å². The lowest BCUT2D eigenvalue weighted by molar-refractivity contribution is -0.384. The van der Waals surface area contributed by atoms with Gasteiger partial charge in [0, 0.05) is 66.9 Å². The molecule has 0 saturated heterocycles. The topological polar surface area (TPSA) is 271 Å². The fourth-order valence-electron chi connectivity index (χ4n) is 5.32. The Morgan fingerprint density at radius 3 is 1.58 bits per heavy atom. The molecule has 0 radical (unpaired) electrons. The smallest absolute Gasteiger partial charge is 0.270 e. The van der Waals surface area contributed by atoms with Crippen LogP contribution in [0.25, 0.3) is 0 Å². The summed E-state index contributed by atoms with van der Waals surface area (Å²) in [7, 11) is 3.48. The van der Waals surface area contributed by atoms with E-state index in [1.54, 1.807) is 43.3 Å². The van der Waals surface area contributed by atoms with Gasteiger partial charge in [0.1, 0.15) is 17.5 Å². The van der Waals surface area contributed by atoms with Crippen molar-refractivity contribution in [3.05, 3.63) is 181 Å². The van der Waals surface area contributed by atoms with Gasteiger partial charge in [0.25, 0.3) is 29.3 Å². The second-order valence-corrected chi connectivity index (χ2v) is 14.1. The molecule has 0 saturated carbocycles. The van der Waals surface area contributed by atoms with Gasteiger partial charge in [-0.2, -0.15) is 0 Å². The van der Waals surface area contributed by atoms with E-state index in [-0.39, 0.29) is 62.6 Å². The van der Waals surface area contributed by atoms with Crippen LogP contribution in [-0.4, -0.2) is 74.4 Å². The number of amidine groups is 2. The maximum atomic E-state index is 13.8. The van der Waals surface area contributed by atoms with Gasteiger partial charge >= 0.3 is 0 Å². The molecule has 0 atom stereocenters. The standard InChI is InChI=1S/C22H19ClN6O4.C20H14ClF2N5O3/c1-28(2)20(24)13-3-5-14(6-4-13)21(30)26-18-9-8-16(29(32)33)11-17(18)22(31)27-19-10-7-15(23)12-25-19;21-12-5-6-17(25-9-12)27-20(30)13-7-14(22)15(23)8-16(13)26-19(29)11-3-1-10(2-4-11)18(24)28-31/h3-12,24H,1-2H3,(H,26,30)(H,25,27,31);1-9,31H,(H2,24,28)(H,26,29)(H,25,27,30). The largest absolute Gasteiger partial charge is 0.409 e. The van der Waals surface area contributed by atoms with E-state index in [4.69, 9.17) is 39.6 Å². The number of rotatable bonds is 11. The number of nitro groups is 1. The number of nitrogens with one attached hydrogen (secondary N) is 5. The van der Waals surface area contributed by atoms with Crippen molar-refractivity contribution >= 4 is 87.2 Å². The minimum absolute atomic E-state index is 0.0853. The number of non-ortho nitro benzene ring substituents is 1. The number of oxime groups is 1. The van der Waals surface area contributed by atoms with Crippen molar-refractivity contribution in [3.63, 3.8) is 0 Å². The Bertz CT molecular complexity index is 2780. The molecular formula is C42H33Cl2F2N11O7. The fraction of sp³-hybridized carbons (Fsp3) is 0.0476. The number of pyridine rings is 2. The molecule has 2 heterocycles. The Balaban J connectivity index is 0.000000241. The van der Waals surface area contributed by atoms with E-state index in [9.17, 15) is 38.1 Å². The maximum Gasteiger partial charge on any atom is 0.270 e. The average Bonchev–Trinajstić information content (AvgIpc) is 3.28. The molecule has 0 bridgehead atoms. The Hall–Kier alpha value is -8.36. The minimum Gasteiger partial charge on any atom is -0.409 e. The van der Waals surface area contributed by atoms with Crippen molar-refractivity contribution in [2.24, 2.45) is 10.9 Å². The molecule has 326 valence electrons. The summed E-state index contributed by atoms with van der Waals surface area (Å²) in [5, 5.41) is 41.4. The lowest BCUT2D eigenvalue weighted by Crippen LogP contribution is -2.22. The molecular weight excluding hydrogens is 879 g/mol. The van der Waals surface area contributed by atoms with E-state index < -0.39 is 40.2 Å². The molecule has 4 amide bonds. The van der Waals surface area contributed by atoms with Crippen molar-refractivity contribution < 1.29 is 38.1 Å². The van der Waals surface area contributed by atoms with Crippen LogP contribution in [0.15, 0.2) is 121 Å². The summed E-state index contributed by atoms with van der Waals surface area (Å²) in [6, 6.07) is 22.8. The number of aromatic nitrogens is 2. The lowest BCUT2D eigenvalue weighted by atomic mass is 10.1. The number of hydrogen-bond acceptors (Lipinski definition) is 11. The maximum absolute atomic E-state index is 13.8. The van der Waals surface area contributed by atoms with Crippen LogP contribution in [0.4, 0.5) is 37.5 Å². The summed E-state index contributed by atoms with van der Waals surface area (Å²) < 4.78 is 27.6. The molecule has 0 aliphatic rings. The molecule has 64 heavy (non-hydrogen) atoms. The van der Waals surface area contributed by atoms with Crippen molar-refractivity contribution in [2.75, 3.05) is 35.4 Å². The Kier molecular flexibility index (Phi) is 15.3. The number of carbonyl (C=O) groups excluding carboxylic acids is 4. The van der Waals surface area contributed by atoms with Crippen LogP contribution in [-0.2, 0) is 0 Å². The predicted octanol–water partition coefficient (Wildman–Crippen LogP) is 7.65. The number of carbonyl (C=O) groups is 4. The van der Waals surface area contributed by atoms with Crippen LogP contribution in [0.1, 0.15) is 52.6 Å². The Labute approximate surface area is 371 Å². The number of benzene rings is 4. The Morgan fingerprint density at radius 2 is 1.12 bits per heavy atom. The van der Waals surface area contributed by atoms with Crippen molar-refractivity contribution in [1.82, 2.24) is 14.9 Å². The summed E-state index contributed by atoms with van der Waals surface area (Å²) >= 11 is 11.5. The van der Waals surface area contributed by atoms with Crippen molar-refractivity contribution in [1.29, 1.82) is 5.41 Å². The summed E-state index contributed by atoms with van der Waals surface area (Å²) in [6.07, 6.45) is 2.63. The summed E-state index contributed by atoms with van der Waals surface area (Å²) in [6.45, 7) is 0. The molecule has 18 nitrogen and oxygen atoms in total. The van der Waals surface area contributed by atoms with Gasteiger partial charge in [-0.05, 0) is 60.7 Å². The first kappa shape index (κ1) is 46.7. The molecule has 2 aromatic heterocycles. The third-order valence-electron chi connectivity index (χ3n) is 8.62. The highest BCUT2D eigenvalue weighted by molar-refractivity contribution is 6.30. The van der Waals surface area contributed by atoms with E-state index in [2.05, 4.69) is 36.4 Å². The molecule has 22 heteroatoms. The fourth-order valence-corrected chi connectivity index (χ4v) is 5.55. The van der Waals surface area contributed by atoms with E-state index in [1.807, 2.05) is 0 Å². The molecule has 6 rings (SSSR count). The average molecular weight is 913 g/mol. The number of anilines is 4. The molecule has 0 aliphatic carbocycles. The first-order chi connectivity index (χ1) is 30.4. The van der Waals surface area contributed by atoms with E-state index in [1.165, 1.54) is 73.1 Å². The van der Waals surface area contributed by atoms with Gasteiger partial charge in [-0.3, -0.25) is 34.7 Å². The van der Waals surface area contributed by atoms with Gasteiger partial charge in [-0.25, -0.2) is 18.7 Å². The molecule has 0 spiro atoms. The zero-order valence-electron chi connectivity index (χ0n) is 33.2. The van der Waals surface area contributed by atoms with Gasteiger partial charge in [0.2, 0.25) is 0 Å². The van der Waals surface area contributed by atoms with Gasteiger partial charge in [-0.15, -0.1) is 0 Å². The van der Waals surface area contributed by atoms with E-state index >= 15 is 0 Å². The molecule has 0 fully saturated rings. The molecule has 4 aromatic carbocycles. The zero-order chi connectivity index (χ0) is 46.7. The number of nitrogens with two attached hydrogens (primary N) is 1. The minimum atomic E-state index is -1.27. The summed E-state index contributed by atoms with van der Waals surface area (Å²) in [5.74, 6) is -4.82. The van der Waals surface area contributed by atoms with Crippen LogP contribution in [0.5, 0.6) is 0 Å². The monoisotopic (exact) mass is 911 g/mol. The van der Waals surface area contributed by atoms with Crippen LogP contribution >= 0.6 is 23.2 Å². The number of nitrogens with zero attached hydrogens (tertiary/aromatic N) is 5. The highest BCUT2D eigenvalue weighted by Crippen LogP contribution is 2.26. The molecule has 8 N–H and O–H groups in total. The van der Waals surface area contributed by atoms with Gasteiger partial charge in [0.05, 0.1) is 37.5 Å². The normalized spacial score (nSPS) is 10.7. The molecule has 0 aliphatic heterocycles. The highest BCUT2D eigenvalue weighted by Gasteiger charge is 2.21. The lowest BCUT2D eigenvalue weighted by Gasteiger charge is -2.14. The molecule has 6 aromatic rings. The first-order valence-corrected chi connectivity index (χ1v) is 18.9. The number of hydrogen-bond donors (Lipinski definition) is 7. The van der Waals surface area contributed by atoms with Crippen molar-refractivity contribution in [2.45, 2.75) is 0 Å². The van der Waals surface area contributed by atoms with Gasteiger partial charge < -0.3 is 37.1 Å². The Morgan fingerprint density at radius 1 is 0.672 bits per heavy atom. The third kappa shape index (κ3) is 12.1. The second-order valence-electron chi connectivity index (χ2n) is 13.2. The van der Waals surface area contributed by atoms with E-state index in [0.717, 1.165) is 6.07 Å². The third-order valence-corrected chi connectivity index (χ3v) is 9.06. The number of halogens is 4. The van der Waals surface area contributed by atoms with Gasteiger partial charge in [-0.1, -0.05) is 52.6 Å². The van der Waals surface area contributed by atoms with Crippen LogP contribution in [0.2, 0.25) is 10.0 Å². The number of amides is 4. The first-order valence-electron chi connectivity index (χ1n) is 18.1. The zero-order valence-corrected chi connectivity index (χ0v) is 34.7. The SMILES string of the molecule is CN(C)C(=N)c1ccc(C(=O)Nc2ccc([N+](=O)[O-])cc2C(=O)Nc2ccc(Cl)cn2)cc1.NC(=NO)c1ccc(C(=O)Nc2cc(F)c(F)cc2C(=O)Nc2ccc(Cl)cn2)cc1. The quantitative estimate of drug-likeness (QED) is 0.0218. The second kappa shape index (κ2) is 20.9. The number of nitro benzene ring substituents is 1. The predicted molar refractivity (Wildman–Crippen MR) is 236 cm³/mol. The van der Waals surface area contributed by atoms with Crippen LogP contribution in [0.3, 0.4) is 0 Å². The van der Waals surface area contributed by atoms with Crippen LogP contribution < -0.4 is 27.0 Å². The summed E-state index contributed by atoms with van der Waals surface area (Å²) in [4.78, 5) is 70.7. The summed E-state index contributed by atoms with van der Waals surface area (Å²) in [5.41, 5.74) is 5.96. The van der Waals surface area contributed by atoms with Gasteiger partial charge in [0.15, 0.2) is 17.5 Å². The van der Waals surface area contributed by atoms with Crippen molar-refractivity contribution in [3.8, 4) is 0 Å². The molecule has 0 unspecified atom stereocenters. The van der Waals surface area contributed by atoms with Crippen LogP contribution in [0, 0.1) is 27.2 Å².